The first-order valence-corrected chi connectivity index (χ1v) is 10.9. The fraction of sp³-hybridized carbons (Fsp3) is 0.440. The number of benzene rings is 2. The molecule has 3 rings (SSSR count). The van der Waals surface area contributed by atoms with E-state index in [2.05, 4.69) is 47.5 Å². The van der Waals surface area contributed by atoms with Crippen LogP contribution in [0.5, 0.6) is 11.5 Å². The number of rotatable bonds is 10. The van der Waals surface area contributed by atoms with E-state index in [4.69, 9.17) is 14.7 Å². The second kappa shape index (κ2) is 11.4. The fourth-order valence-corrected chi connectivity index (χ4v) is 3.87. The van der Waals surface area contributed by atoms with E-state index in [1.165, 1.54) is 24.0 Å². The molecule has 1 amide bonds. The van der Waals surface area contributed by atoms with E-state index >= 15 is 0 Å². The molecule has 0 bridgehead atoms. The summed E-state index contributed by atoms with van der Waals surface area (Å²) >= 11 is 0. The fourth-order valence-electron chi connectivity index (χ4n) is 3.87. The van der Waals surface area contributed by atoms with Crippen LogP contribution in [0.2, 0.25) is 0 Å². The lowest BCUT2D eigenvalue weighted by Gasteiger charge is -2.28. The van der Waals surface area contributed by atoms with Gasteiger partial charge in [-0.2, -0.15) is 5.26 Å². The molecular weight excluding hydrogens is 390 g/mol. The molecule has 1 aliphatic heterocycles. The van der Waals surface area contributed by atoms with Gasteiger partial charge in [-0.15, -0.1) is 0 Å². The monoisotopic (exact) mass is 421 g/mol. The molecule has 0 aromatic heterocycles. The number of nitrogens with zero attached hydrogens (tertiary/aromatic N) is 2. The van der Waals surface area contributed by atoms with E-state index in [1.807, 2.05) is 0 Å². The number of nitriles is 1. The van der Waals surface area contributed by atoms with Crippen molar-refractivity contribution < 1.29 is 14.3 Å². The molecular formula is C25H31N3O3. The number of nitrogens with one attached hydrogen (secondary N) is 1. The van der Waals surface area contributed by atoms with Crippen molar-refractivity contribution >= 4 is 5.91 Å². The first-order valence-electron chi connectivity index (χ1n) is 10.9. The zero-order valence-corrected chi connectivity index (χ0v) is 18.4. The van der Waals surface area contributed by atoms with Crippen molar-refractivity contribution in [1.82, 2.24) is 10.2 Å². The normalized spacial score (nSPS) is 14.6. The third-order valence-corrected chi connectivity index (χ3v) is 5.63. The van der Waals surface area contributed by atoms with Crippen LogP contribution in [-0.4, -0.2) is 44.2 Å². The first kappa shape index (κ1) is 22.6. The molecule has 1 saturated heterocycles. The highest BCUT2D eigenvalue weighted by atomic mass is 16.5. The predicted octanol–water partition coefficient (Wildman–Crippen LogP) is 3.99. The Morgan fingerprint density at radius 3 is 2.58 bits per heavy atom. The summed E-state index contributed by atoms with van der Waals surface area (Å²) in [7, 11) is 1.54. The Balaban J connectivity index is 1.46. The molecule has 31 heavy (non-hydrogen) atoms. The van der Waals surface area contributed by atoms with Gasteiger partial charge in [0.15, 0.2) is 11.5 Å². The third-order valence-electron chi connectivity index (χ3n) is 5.63. The molecule has 164 valence electrons. The average Bonchev–Trinajstić information content (AvgIpc) is 3.32. The number of amides is 1. The van der Waals surface area contributed by atoms with Crippen molar-refractivity contribution in [2.45, 2.75) is 38.6 Å². The molecule has 1 N–H and O–H groups in total. The third kappa shape index (κ3) is 6.47. The van der Waals surface area contributed by atoms with Gasteiger partial charge in [-0.1, -0.05) is 29.8 Å². The molecule has 1 aliphatic rings. The molecule has 0 saturated carbocycles. The number of ether oxygens (including phenoxy) is 2. The number of methoxy groups -OCH3 is 1. The summed E-state index contributed by atoms with van der Waals surface area (Å²) in [4.78, 5) is 14.9. The van der Waals surface area contributed by atoms with Crippen LogP contribution in [0, 0.1) is 18.3 Å². The minimum atomic E-state index is 0.0340. The van der Waals surface area contributed by atoms with Crippen LogP contribution in [0.1, 0.15) is 48.4 Å². The van der Waals surface area contributed by atoms with Gasteiger partial charge in [-0.25, -0.2) is 0 Å². The number of aryl methyl sites for hydroxylation is 1. The number of likely N-dealkylation sites (tertiary alicyclic amines) is 1. The molecule has 1 fully saturated rings. The molecule has 0 spiro atoms. The van der Waals surface area contributed by atoms with E-state index in [-0.39, 0.29) is 11.9 Å². The van der Waals surface area contributed by atoms with Crippen LogP contribution in [0.4, 0.5) is 0 Å². The zero-order valence-electron chi connectivity index (χ0n) is 18.4. The van der Waals surface area contributed by atoms with Gasteiger partial charge >= 0.3 is 0 Å². The second-order valence-corrected chi connectivity index (χ2v) is 7.90. The minimum Gasteiger partial charge on any atom is -0.493 e. The van der Waals surface area contributed by atoms with Gasteiger partial charge in [-0.05, 0) is 57.0 Å². The number of carbonyl (C=O) groups excluding carboxylic acids is 1. The maximum atomic E-state index is 12.4. The molecule has 0 radical (unpaired) electrons. The lowest BCUT2D eigenvalue weighted by atomic mass is 10.0. The summed E-state index contributed by atoms with van der Waals surface area (Å²) in [6, 6.07) is 16.0. The Hall–Kier alpha value is -3.04. The van der Waals surface area contributed by atoms with Gasteiger partial charge in [0.25, 0.3) is 0 Å². The van der Waals surface area contributed by atoms with Crippen molar-refractivity contribution in [3.05, 3.63) is 59.2 Å². The predicted molar refractivity (Wildman–Crippen MR) is 120 cm³/mol. The quantitative estimate of drug-likeness (QED) is 0.587. The van der Waals surface area contributed by atoms with Gasteiger partial charge < -0.3 is 14.8 Å². The van der Waals surface area contributed by atoms with Gasteiger partial charge in [0, 0.05) is 19.0 Å². The Labute approximate surface area is 184 Å². The molecule has 1 unspecified atom stereocenters. The highest BCUT2D eigenvalue weighted by molar-refractivity contribution is 5.75. The average molecular weight is 422 g/mol. The largest absolute Gasteiger partial charge is 0.493 e. The van der Waals surface area contributed by atoms with Crippen LogP contribution in [0.25, 0.3) is 0 Å². The summed E-state index contributed by atoms with van der Waals surface area (Å²) in [6.07, 6.45) is 3.44. The van der Waals surface area contributed by atoms with Crippen molar-refractivity contribution in [2.75, 3.05) is 33.4 Å². The molecule has 6 heteroatoms. The summed E-state index contributed by atoms with van der Waals surface area (Å²) < 4.78 is 11.0. The van der Waals surface area contributed by atoms with Crippen LogP contribution in [0.15, 0.2) is 42.5 Å². The first-order chi connectivity index (χ1) is 15.1. The van der Waals surface area contributed by atoms with E-state index in [1.54, 1.807) is 25.3 Å². The second-order valence-electron chi connectivity index (χ2n) is 7.90. The van der Waals surface area contributed by atoms with Gasteiger partial charge in [0.2, 0.25) is 5.91 Å². The SMILES string of the molecule is COc1cc(C#N)ccc1OCCCC(=O)NCC(c1ccc(C)cc1)N1CCCC1. The zero-order chi connectivity index (χ0) is 22.1. The van der Waals surface area contributed by atoms with Gasteiger partial charge in [0.05, 0.1) is 31.4 Å². The Bertz CT molecular complexity index is 899. The maximum absolute atomic E-state index is 12.4. The molecule has 1 atom stereocenters. The topological polar surface area (TPSA) is 74.6 Å². The Kier molecular flexibility index (Phi) is 8.31. The lowest BCUT2D eigenvalue weighted by Crippen LogP contribution is -2.36. The van der Waals surface area contributed by atoms with Crippen molar-refractivity contribution in [3.63, 3.8) is 0 Å². The molecule has 2 aromatic rings. The van der Waals surface area contributed by atoms with Gasteiger partial charge in [-0.3, -0.25) is 9.69 Å². The summed E-state index contributed by atoms with van der Waals surface area (Å²) in [5.41, 5.74) is 3.01. The van der Waals surface area contributed by atoms with E-state index in [9.17, 15) is 4.79 Å². The maximum Gasteiger partial charge on any atom is 0.220 e. The van der Waals surface area contributed by atoms with Gasteiger partial charge in [0.1, 0.15) is 0 Å². The molecule has 2 aromatic carbocycles. The van der Waals surface area contributed by atoms with Crippen molar-refractivity contribution in [1.29, 1.82) is 5.26 Å². The van der Waals surface area contributed by atoms with Crippen LogP contribution in [0.3, 0.4) is 0 Å². The summed E-state index contributed by atoms with van der Waals surface area (Å²) in [5, 5.41) is 12.1. The van der Waals surface area contributed by atoms with Crippen LogP contribution in [-0.2, 0) is 4.79 Å². The van der Waals surface area contributed by atoms with E-state index in [0.717, 1.165) is 13.1 Å². The van der Waals surface area contributed by atoms with E-state index in [0.29, 0.717) is 43.1 Å². The van der Waals surface area contributed by atoms with Crippen LogP contribution < -0.4 is 14.8 Å². The molecule has 1 heterocycles. The lowest BCUT2D eigenvalue weighted by molar-refractivity contribution is -0.121. The smallest absolute Gasteiger partial charge is 0.220 e. The number of carbonyl (C=O) groups is 1. The number of hydrogen-bond donors (Lipinski definition) is 1. The van der Waals surface area contributed by atoms with Crippen molar-refractivity contribution in [2.24, 2.45) is 0 Å². The summed E-state index contributed by atoms with van der Waals surface area (Å²) in [5.74, 6) is 1.14. The number of hydrogen-bond acceptors (Lipinski definition) is 5. The molecule has 6 nitrogen and oxygen atoms in total. The van der Waals surface area contributed by atoms with Crippen molar-refractivity contribution in [3.8, 4) is 17.6 Å². The Morgan fingerprint density at radius 1 is 1.16 bits per heavy atom. The highest BCUT2D eigenvalue weighted by Crippen LogP contribution is 2.28. The molecule has 0 aliphatic carbocycles. The highest BCUT2D eigenvalue weighted by Gasteiger charge is 2.23. The van der Waals surface area contributed by atoms with E-state index < -0.39 is 0 Å². The summed E-state index contributed by atoms with van der Waals surface area (Å²) in [6.45, 7) is 5.27. The minimum absolute atomic E-state index is 0.0340. The van der Waals surface area contributed by atoms with Crippen LogP contribution >= 0.6 is 0 Å². The Morgan fingerprint density at radius 2 is 1.90 bits per heavy atom. The standard InChI is InChI=1S/C25H31N3O3/c1-19-7-10-21(11-8-19)22(28-13-3-4-14-28)18-27-25(29)6-5-15-31-23-12-9-20(17-26)16-24(23)30-2/h7-12,16,22H,3-6,13-15,18H2,1-2H3,(H,27,29).